The highest BCUT2D eigenvalue weighted by Gasteiger charge is 2.28. The molecule has 104 valence electrons. The van der Waals surface area contributed by atoms with Crippen LogP contribution in [0.2, 0.25) is 0 Å². The minimum Gasteiger partial charge on any atom is -0.493 e. The fourth-order valence-corrected chi connectivity index (χ4v) is 3.31. The number of piperidine rings is 1. The fraction of sp³-hybridized carbons (Fsp3) is 0.625. The van der Waals surface area contributed by atoms with Crippen molar-refractivity contribution < 1.29 is 9.84 Å². The second-order valence-corrected chi connectivity index (χ2v) is 5.92. The highest BCUT2D eigenvalue weighted by molar-refractivity contribution is 5.39. The summed E-state index contributed by atoms with van der Waals surface area (Å²) in [5.41, 5.74) is 1.36. The predicted octanol–water partition coefficient (Wildman–Crippen LogP) is 2.26. The molecule has 0 aromatic heterocycles. The van der Waals surface area contributed by atoms with Gasteiger partial charge in [0.2, 0.25) is 0 Å². The van der Waals surface area contributed by atoms with Crippen molar-refractivity contribution in [2.24, 2.45) is 5.92 Å². The average molecular weight is 261 g/mol. The minimum atomic E-state index is -0.155. The second-order valence-electron chi connectivity index (χ2n) is 5.92. The second kappa shape index (κ2) is 5.51. The Kier molecular flexibility index (Phi) is 3.76. The molecular formula is C16H23NO2. The van der Waals surface area contributed by atoms with Crippen LogP contribution in [0.1, 0.15) is 31.2 Å². The topological polar surface area (TPSA) is 32.7 Å². The van der Waals surface area contributed by atoms with Gasteiger partial charge in [0, 0.05) is 18.0 Å². The molecule has 2 aliphatic heterocycles. The maximum absolute atomic E-state index is 9.64. The number of likely N-dealkylation sites (tertiary alicyclic amines) is 1. The molecule has 2 heterocycles. The number of aliphatic hydroxyl groups is 1. The van der Waals surface area contributed by atoms with Crippen molar-refractivity contribution in [1.82, 2.24) is 4.90 Å². The van der Waals surface area contributed by atoms with Crippen molar-refractivity contribution >= 4 is 0 Å². The first-order valence-electron chi connectivity index (χ1n) is 7.36. The number of para-hydroxylation sites is 1. The van der Waals surface area contributed by atoms with E-state index >= 15 is 0 Å². The zero-order valence-corrected chi connectivity index (χ0v) is 11.6. The van der Waals surface area contributed by atoms with Gasteiger partial charge in [0.25, 0.3) is 0 Å². The minimum absolute atomic E-state index is 0.155. The summed E-state index contributed by atoms with van der Waals surface area (Å²) >= 11 is 0. The molecule has 3 rings (SSSR count). The van der Waals surface area contributed by atoms with Gasteiger partial charge in [-0.25, -0.2) is 0 Å². The molecule has 1 aromatic rings. The van der Waals surface area contributed by atoms with Crippen LogP contribution in [0.3, 0.4) is 0 Å². The highest BCUT2D eigenvalue weighted by atomic mass is 16.5. The molecule has 1 N–H and O–H groups in total. The summed E-state index contributed by atoms with van der Waals surface area (Å²) in [5.74, 6) is 2.06. The smallest absolute Gasteiger partial charge is 0.122 e. The third kappa shape index (κ3) is 2.77. The summed E-state index contributed by atoms with van der Waals surface area (Å²) in [6.45, 7) is 6.03. The first kappa shape index (κ1) is 12.9. The molecule has 0 saturated carbocycles. The molecule has 19 heavy (non-hydrogen) atoms. The van der Waals surface area contributed by atoms with Gasteiger partial charge in [-0.05, 0) is 44.8 Å². The molecule has 0 bridgehead atoms. The Morgan fingerprint density at radius 2 is 2.05 bits per heavy atom. The van der Waals surface area contributed by atoms with Crippen LogP contribution in [0, 0.1) is 5.92 Å². The number of nitrogens with zero attached hydrogens (tertiary/aromatic N) is 1. The van der Waals surface area contributed by atoms with Crippen molar-refractivity contribution in [1.29, 1.82) is 0 Å². The lowest BCUT2D eigenvalue weighted by Crippen LogP contribution is -2.39. The van der Waals surface area contributed by atoms with Gasteiger partial charge in [-0.3, -0.25) is 0 Å². The fourth-order valence-electron chi connectivity index (χ4n) is 3.31. The molecule has 2 unspecified atom stereocenters. The van der Waals surface area contributed by atoms with E-state index in [9.17, 15) is 5.11 Å². The van der Waals surface area contributed by atoms with E-state index in [0.717, 1.165) is 44.8 Å². The molecule has 2 aliphatic rings. The summed E-state index contributed by atoms with van der Waals surface area (Å²) in [6, 6.07) is 8.39. The number of rotatable bonds is 3. The summed E-state index contributed by atoms with van der Waals surface area (Å²) in [4.78, 5) is 2.52. The van der Waals surface area contributed by atoms with Crippen LogP contribution in [0.15, 0.2) is 24.3 Å². The maximum atomic E-state index is 9.64. The first-order valence-corrected chi connectivity index (χ1v) is 7.36. The molecule has 3 nitrogen and oxygen atoms in total. The third-order valence-corrected chi connectivity index (χ3v) is 4.59. The van der Waals surface area contributed by atoms with E-state index in [1.807, 2.05) is 13.0 Å². The lowest BCUT2D eigenvalue weighted by molar-refractivity contribution is 0.0689. The zero-order valence-electron chi connectivity index (χ0n) is 11.6. The number of ether oxygens (including phenoxy) is 1. The van der Waals surface area contributed by atoms with Crippen LogP contribution in [-0.4, -0.2) is 42.4 Å². The van der Waals surface area contributed by atoms with Gasteiger partial charge < -0.3 is 14.7 Å². The third-order valence-electron chi connectivity index (χ3n) is 4.59. The maximum Gasteiger partial charge on any atom is 0.122 e. The number of benzene rings is 1. The monoisotopic (exact) mass is 261 g/mol. The highest BCUT2D eigenvalue weighted by Crippen LogP contribution is 2.34. The predicted molar refractivity (Wildman–Crippen MR) is 75.5 cm³/mol. The van der Waals surface area contributed by atoms with Crippen LogP contribution >= 0.6 is 0 Å². The largest absolute Gasteiger partial charge is 0.493 e. The average Bonchev–Trinajstić information content (AvgIpc) is 2.83. The van der Waals surface area contributed by atoms with E-state index in [2.05, 4.69) is 23.1 Å². The molecule has 3 heteroatoms. The van der Waals surface area contributed by atoms with Gasteiger partial charge in [0.05, 0.1) is 12.7 Å². The molecule has 0 aliphatic carbocycles. The lowest BCUT2D eigenvalue weighted by Gasteiger charge is -2.34. The van der Waals surface area contributed by atoms with E-state index in [1.165, 1.54) is 5.56 Å². The van der Waals surface area contributed by atoms with Gasteiger partial charge in [-0.1, -0.05) is 18.2 Å². The van der Waals surface area contributed by atoms with Crippen LogP contribution in [0.5, 0.6) is 5.75 Å². The number of fused-ring (bicyclic) bond motifs is 1. The molecule has 1 fully saturated rings. The van der Waals surface area contributed by atoms with E-state index in [4.69, 9.17) is 4.74 Å². The Bertz CT molecular complexity index is 425. The van der Waals surface area contributed by atoms with Crippen LogP contribution in [0.25, 0.3) is 0 Å². The number of hydrogen-bond acceptors (Lipinski definition) is 3. The summed E-state index contributed by atoms with van der Waals surface area (Å²) in [7, 11) is 0. The normalized spacial score (nSPS) is 25.9. The quantitative estimate of drug-likeness (QED) is 0.906. The lowest BCUT2D eigenvalue weighted by atomic mass is 9.91. The molecule has 0 radical (unpaired) electrons. The van der Waals surface area contributed by atoms with Crippen molar-refractivity contribution in [3.63, 3.8) is 0 Å². The van der Waals surface area contributed by atoms with Crippen molar-refractivity contribution in [3.8, 4) is 5.75 Å². The Hall–Kier alpha value is -1.06. The van der Waals surface area contributed by atoms with Crippen LogP contribution in [0.4, 0.5) is 0 Å². The SMILES string of the molecule is CC(O)C1CCN(CC2COc3ccccc32)CC1. The zero-order chi connectivity index (χ0) is 13.2. The van der Waals surface area contributed by atoms with Gasteiger partial charge in [-0.15, -0.1) is 0 Å². The number of aliphatic hydroxyl groups excluding tert-OH is 1. The summed E-state index contributed by atoms with van der Waals surface area (Å²) in [6.07, 6.45) is 2.08. The van der Waals surface area contributed by atoms with Gasteiger partial charge in [0.15, 0.2) is 0 Å². The Morgan fingerprint density at radius 3 is 2.79 bits per heavy atom. The van der Waals surface area contributed by atoms with E-state index in [-0.39, 0.29) is 6.10 Å². The van der Waals surface area contributed by atoms with E-state index < -0.39 is 0 Å². The molecule has 1 saturated heterocycles. The Balaban J connectivity index is 1.57. The van der Waals surface area contributed by atoms with Crippen molar-refractivity contribution in [2.75, 3.05) is 26.2 Å². The van der Waals surface area contributed by atoms with Crippen LogP contribution in [-0.2, 0) is 0 Å². The first-order chi connectivity index (χ1) is 9.24. The molecule has 2 atom stereocenters. The molecule has 0 spiro atoms. The van der Waals surface area contributed by atoms with Gasteiger partial charge >= 0.3 is 0 Å². The Labute approximate surface area is 115 Å². The molecular weight excluding hydrogens is 238 g/mol. The van der Waals surface area contributed by atoms with E-state index in [0.29, 0.717) is 11.8 Å². The van der Waals surface area contributed by atoms with Crippen molar-refractivity contribution in [3.05, 3.63) is 29.8 Å². The van der Waals surface area contributed by atoms with Gasteiger partial charge in [0.1, 0.15) is 5.75 Å². The summed E-state index contributed by atoms with van der Waals surface area (Å²) < 4.78 is 5.75. The summed E-state index contributed by atoms with van der Waals surface area (Å²) in [5, 5.41) is 9.64. The number of hydrogen-bond donors (Lipinski definition) is 1. The standard InChI is InChI=1S/C16H23NO2/c1-12(18)13-6-8-17(9-7-13)10-14-11-19-16-5-3-2-4-15(14)16/h2-5,12-14,18H,6-11H2,1H3. The Morgan fingerprint density at radius 1 is 1.32 bits per heavy atom. The van der Waals surface area contributed by atoms with Crippen LogP contribution < -0.4 is 4.74 Å². The molecule has 0 amide bonds. The van der Waals surface area contributed by atoms with Crippen molar-refractivity contribution in [2.45, 2.75) is 31.8 Å². The van der Waals surface area contributed by atoms with Gasteiger partial charge in [-0.2, -0.15) is 0 Å². The van der Waals surface area contributed by atoms with E-state index in [1.54, 1.807) is 0 Å². The molecule has 1 aromatic carbocycles.